The van der Waals surface area contributed by atoms with Crippen LogP contribution in [0, 0.1) is 5.82 Å². The molecule has 3 aromatic rings. The van der Waals surface area contributed by atoms with Gasteiger partial charge in [0.15, 0.2) is 5.82 Å². The second-order valence-corrected chi connectivity index (χ2v) is 7.80. The zero-order valence-corrected chi connectivity index (χ0v) is 17.0. The summed E-state index contributed by atoms with van der Waals surface area (Å²) in [5, 5.41) is 3.36. The van der Waals surface area contributed by atoms with Crippen LogP contribution in [0.4, 0.5) is 23.2 Å². The lowest BCUT2D eigenvalue weighted by Gasteiger charge is -2.34. The largest absolute Gasteiger partial charge is 0.416 e. The van der Waals surface area contributed by atoms with Crippen LogP contribution in [-0.2, 0) is 6.18 Å². The molecule has 0 saturated carbocycles. The lowest BCUT2D eigenvalue weighted by Crippen LogP contribution is -2.45. The van der Waals surface area contributed by atoms with Gasteiger partial charge in [0.2, 0.25) is 0 Å². The van der Waals surface area contributed by atoms with Crippen molar-refractivity contribution in [2.24, 2.45) is 0 Å². The van der Waals surface area contributed by atoms with Gasteiger partial charge in [0.05, 0.1) is 21.7 Å². The Morgan fingerprint density at radius 1 is 1.13 bits per heavy atom. The van der Waals surface area contributed by atoms with Crippen molar-refractivity contribution in [1.82, 2.24) is 10.3 Å². The van der Waals surface area contributed by atoms with E-state index in [9.17, 15) is 22.4 Å². The number of carbonyl (C=O) groups excluding carboxylic acids is 1. The van der Waals surface area contributed by atoms with Crippen molar-refractivity contribution < 1.29 is 22.4 Å². The van der Waals surface area contributed by atoms with Crippen LogP contribution in [0.15, 0.2) is 48.7 Å². The minimum Gasteiger partial charge on any atom is -0.371 e. The van der Waals surface area contributed by atoms with Crippen molar-refractivity contribution in [2.45, 2.75) is 25.1 Å². The van der Waals surface area contributed by atoms with E-state index in [1.165, 1.54) is 30.5 Å². The molecule has 1 N–H and O–H groups in total. The number of nitrogens with zero attached hydrogens (tertiary/aromatic N) is 2. The summed E-state index contributed by atoms with van der Waals surface area (Å²) in [6.45, 7) is 1.17. The van der Waals surface area contributed by atoms with Gasteiger partial charge in [-0.15, -0.1) is 0 Å². The van der Waals surface area contributed by atoms with Crippen LogP contribution in [0.3, 0.4) is 0 Å². The molecule has 162 valence electrons. The third-order valence-electron chi connectivity index (χ3n) is 5.41. The predicted molar refractivity (Wildman–Crippen MR) is 111 cm³/mol. The monoisotopic (exact) mass is 451 g/mol. The van der Waals surface area contributed by atoms with Gasteiger partial charge in [-0.1, -0.05) is 23.7 Å². The molecule has 1 fully saturated rings. The Morgan fingerprint density at radius 2 is 1.87 bits per heavy atom. The van der Waals surface area contributed by atoms with Gasteiger partial charge in [-0.3, -0.25) is 9.78 Å². The fourth-order valence-corrected chi connectivity index (χ4v) is 3.97. The van der Waals surface area contributed by atoms with Crippen molar-refractivity contribution in [3.63, 3.8) is 0 Å². The van der Waals surface area contributed by atoms with Gasteiger partial charge >= 0.3 is 6.18 Å². The van der Waals surface area contributed by atoms with E-state index in [0.717, 1.165) is 17.8 Å². The molecule has 31 heavy (non-hydrogen) atoms. The Morgan fingerprint density at radius 3 is 2.58 bits per heavy atom. The third kappa shape index (κ3) is 4.44. The Kier molecular flexibility index (Phi) is 5.75. The van der Waals surface area contributed by atoms with Gasteiger partial charge in [0.25, 0.3) is 5.91 Å². The zero-order chi connectivity index (χ0) is 22.2. The summed E-state index contributed by atoms with van der Waals surface area (Å²) >= 11 is 5.74. The van der Waals surface area contributed by atoms with Gasteiger partial charge < -0.3 is 10.2 Å². The number of benzene rings is 2. The average molecular weight is 452 g/mol. The lowest BCUT2D eigenvalue weighted by atomic mass is 10.0. The predicted octanol–water partition coefficient (Wildman–Crippen LogP) is 5.44. The number of piperidine rings is 1. The molecule has 0 unspecified atom stereocenters. The van der Waals surface area contributed by atoms with Gasteiger partial charge in [0.1, 0.15) is 0 Å². The molecule has 0 aliphatic carbocycles. The highest BCUT2D eigenvalue weighted by Crippen LogP contribution is 2.34. The maximum atomic E-state index is 14.1. The first-order chi connectivity index (χ1) is 14.7. The summed E-state index contributed by atoms with van der Waals surface area (Å²) in [6, 6.07) is 9.44. The number of alkyl halides is 3. The number of halogens is 5. The van der Waals surface area contributed by atoms with E-state index in [2.05, 4.69) is 15.2 Å². The SMILES string of the molecule is O=C(NC1CCN(c2ccnc3cc(C(F)(F)F)ccc23)CC1)c1cccc(Cl)c1F. The number of hydrogen-bond donors (Lipinski definition) is 1. The zero-order valence-electron chi connectivity index (χ0n) is 16.2. The van der Waals surface area contributed by atoms with Crippen molar-refractivity contribution in [3.8, 4) is 0 Å². The van der Waals surface area contributed by atoms with E-state index < -0.39 is 23.5 Å². The van der Waals surface area contributed by atoms with Crippen LogP contribution in [0.2, 0.25) is 5.02 Å². The maximum Gasteiger partial charge on any atom is 0.416 e. The molecule has 0 atom stereocenters. The summed E-state index contributed by atoms with van der Waals surface area (Å²) in [7, 11) is 0. The molecule has 1 aliphatic heterocycles. The van der Waals surface area contributed by atoms with E-state index in [0.29, 0.717) is 31.3 Å². The molecule has 9 heteroatoms. The van der Waals surface area contributed by atoms with Gasteiger partial charge in [-0.05, 0) is 43.2 Å². The van der Waals surface area contributed by atoms with E-state index in [1.54, 1.807) is 6.07 Å². The summed E-state index contributed by atoms with van der Waals surface area (Å²) in [4.78, 5) is 18.5. The molecule has 1 aliphatic rings. The molecule has 1 aromatic heterocycles. The first kappa shape index (κ1) is 21.4. The maximum absolute atomic E-state index is 14.1. The first-order valence-corrected chi connectivity index (χ1v) is 10.1. The van der Waals surface area contributed by atoms with Crippen LogP contribution in [0.1, 0.15) is 28.8 Å². The number of aromatic nitrogens is 1. The Labute approximate surface area is 180 Å². The molecule has 1 saturated heterocycles. The van der Waals surface area contributed by atoms with Crippen molar-refractivity contribution in [1.29, 1.82) is 0 Å². The lowest BCUT2D eigenvalue weighted by molar-refractivity contribution is -0.137. The van der Waals surface area contributed by atoms with Crippen molar-refractivity contribution >= 4 is 34.1 Å². The standard InChI is InChI=1S/C22H18ClF4N3O/c23-17-3-1-2-16(20(17)24)21(31)29-14-7-10-30(11-8-14)19-6-9-28-18-12-13(22(25,26)27)4-5-15(18)19/h1-6,9,12,14H,7-8,10-11H2,(H,29,31). The quantitative estimate of drug-likeness (QED) is 0.539. The second-order valence-electron chi connectivity index (χ2n) is 7.40. The molecule has 2 aromatic carbocycles. The number of amides is 1. The second kappa shape index (κ2) is 8.34. The fourth-order valence-electron chi connectivity index (χ4n) is 3.79. The van der Waals surface area contributed by atoms with Crippen LogP contribution in [-0.4, -0.2) is 30.0 Å². The highest BCUT2D eigenvalue weighted by molar-refractivity contribution is 6.31. The molecular weight excluding hydrogens is 434 g/mol. The van der Waals surface area contributed by atoms with E-state index >= 15 is 0 Å². The smallest absolute Gasteiger partial charge is 0.371 e. The number of nitrogens with one attached hydrogen (secondary N) is 1. The van der Waals surface area contributed by atoms with E-state index in [1.807, 2.05) is 0 Å². The van der Waals surface area contributed by atoms with E-state index in [-0.39, 0.29) is 22.1 Å². The molecule has 0 spiro atoms. The van der Waals surface area contributed by atoms with Crippen LogP contribution < -0.4 is 10.2 Å². The number of fused-ring (bicyclic) bond motifs is 1. The molecule has 2 heterocycles. The average Bonchev–Trinajstić information content (AvgIpc) is 2.74. The number of anilines is 1. The Hall–Kier alpha value is -2.87. The summed E-state index contributed by atoms with van der Waals surface area (Å²) in [5.41, 5.74) is 0.235. The fraction of sp³-hybridized carbons (Fsp3) is 0.273. The molecule has 0 bridgehead atoms. The van der Waals surface area contributed by atoms with Crippen LogP contribution >= 0.6 is 11.6 Å². The van der Waals surface area contributed by atoms with Gasteiger partial charge in [0, 0.05) is 36.4 Å². The third-order valence-corrected chi connectivity index (χ3v) is 5.71. The van der Waals surface area contributed by atoms with Crippen molar-refractivity contribution in [3.05, 3.63) is 70.6 Å². The normalized spacial score (nSPS) is 15.3. The van der Waals surface area contributed by atoms with Gasteiger partial charge in [-0.2, -0.15) is 13.2 Å². The minimum absolute atomic E-state index is 0.101. The molecule has 1 amide bonds. The number of hydrogen-bond acceptors (Lipinski definition) is 3. The van der Waals surface area contributed by atoms with Crippen LogP contribution in [0.5, 0.6) is 0 Å². The summed E-state index contributed by atoms with van der Waals surface area (Å²) in [5.74, 6) is -1.27. The molecule has 4 rings (SSSR count). The Bertz CT molecular complexity index is 1130. The highest BCUT2D eigenvalue weighted by Gasteiger charge is 2.31. The number of rotatable bonds is 3. The molecule has 4 nitrogen and oxygen atoms in total. The van der Waals surface area contributed by atoms with Crippen LogP contribution in [0.25, 0.3) is 10.9 Å². The minimum atomic E-state index is -4.43. The first-order valence-electron chi connectivity index (χ1n) is 9.70. The summed E-state index contributed by atoms with van der Waals surface area (Å²) in [6.07, 6.45) is -1.71. The topological polar surface area (TPSA) is 45.2 Å². The van der Waals surface area contributed by atoms with E-state index in [4.69, 9.17) is 11.6 Å². The van der Waals surface area contributed by atoms with Crippen molar-refractivity contribution in [2.75, 3.05) is 18.0 Å². The Balaban J connectivity index is 1.46. The number of pyridine rings is 1. The molecule has 0 radical (unpaired) electrons. The highest BCUT2D eigenvalue weighted by atomic mass is 35.5. The van der Waals surface area contributed by atoms with Gasteiger partial charge in [-0.25, -0.2) is 4.39 Å². The summed E-state index contributed by atoms with van der Waals surface area (Å²) < 4.78 is 53.0. The number of carbonyl (C=O) groups is 1. The molecular formula is C22H18ClF4N3O.